The number of rotatable bonds is 5. The van der Waals surface area contributed by atoms with Crippen molar-refractivity contribution in [3.63, 3.8) is 0 Å². The summed E-state index contributed by atoms with van der Waals surface area (Å²) in [5.74, 6) is 0.722. The molecule has 0 spiro atoms. The lowest BCUT2D eigenvalue weighted by Gasteiger charge is -2.52. The molecule has 3 heterocycles. The highest BCUT2D eigenvalue weighted by molar-refractivity contribution is 5.92. The van der Waals surface area contributed by atoms with Gasteiger partial charge in [0.05, 0.1) is 5.60 Å². The molecule has 3 atom stereocenters. The first-order valence-electron chi connectivity index (χ1n) is 13.9. The highest BCUT2D eigenvalue weighted by atomic mass is 16.6. The topological polar surface area (TPSA) is 91.1 Å². The number of piperidine rings is 1. The van der Waals surface area contributed by atoms with E-state index in [0.29, 0.717) is 18.4 Å². The first-order chi connectivity index (χ1) is 17.1. The predicted octanol–water partition coefficient (Wildman–Crippen LogP) is 5.63. The van der Waals surface area contributed by atoms with Gasteiger partial charge in [0, 0.05) is 43.4 Å². The highest BCUT2D eigenvalue weighted by Crippen LogP contribution is 2.56. The summed E-state index contributed by atoms with van der Waals surface area (Å²) in [5, 5.41) is 4.56. The summed E-state index contributed by atoms with van der Waals surface area (Å²) < 4.78 is 23.6. The van der Waals surface area contributed by atoms with Gasteiger partial charge in [-0.05, 0) is 85.0 Å². The quantitative estimate of drug-likeness (QED) is 0.484. The molecule has 1 aromatic heterocycles. The SMILES string of the molecule is COC12CCC(c3noc(C4CC4)c3C(=O)O[C@H]3C[C@H]4CC[C@@H](C3)N4C(=O)OC(C)(C)C)(CC1)CC2. The molecule has 0 unspecified atom stereocenters. The van der Waals surface area contributed by atoms with E-state index in [9.17, 15) is 9.59 Å². The second-order valence-corrected chi connectivity index (χ2v) is 13.0. The maximum absolute atomic E-state index is 13.8. The summed E-state index contributed by atoms with van der Waals surface area (Å²) in [4.78, 5) is 28.5. The van der Waals surface area contributed by atoms with Crippen LogP contribution in [0.25, 0.3) is 0 Å². The molecular weight excluding hydrogens is 460 g/mol. The van der Waals surface area contributed by atoms with Gasteiger partial charge >= 0.3 is 12.1 Å². The minimum Gasteiger partial charge on any atom is -0.458 e. The molecule has 4 bridgehead atoms. The zero-order chi connectivity index (χ0) is 25.3. The third-order valence-corrected chi connectivity index (χ3v) is 9.55. The molecule has 6 aliphatic rings. The molecule has 7 rings (SSSR count). The first-order valence-corrected chi connectivity index (χ1v) is 13.9. The Morgan fingerprint density at radius 3 is 2.11 bits per heavy atom. The number of carbonyl (C=O) groups is 2. The Hall–Kier alpha value is -2.09. The van der Waals surface area contributed by atoms with Crippen LogP contribution in [-0.4, -0.2) is 58.6 Å². The number of methoxy groups -OCH3 is 1. The van der Waals surface area contributed by atoms with E-state index in [4.69, 9.17) is 18.7 Å². The molecule has 4 aliphatic carbocycles. The monoisotopic (exact) mass is 500 g/mol. The Morgan fingerprint density at radius 2 is 1.58 bits per heavy atom. The average Bonchev–Trinajstić information content (AvgIpc) is 3.52. The van der Waals surface area contributed by atoms with Crippen LogP contribution in [0.4, 0.5) is 4.79 Å². The van der Waals surface area contributed by atoms with Gasteiger partial charge in [0.2, 0.25) is 0 Å². The first kappa shape index (κ1) is 24.3. The molecule has 0 N–H and O–H groups in total. The van der Waals surface area contributed by atoms with Crippen LogP contribution in [0.3, 0.4) is 0 Å². The molecule has 198 valence electrons. The van der Waals surface area contributed by atoms with Crippen molar-refractivity contribution in [1.82, 2.24) is 10.1 Å². The molecular formula is C28H40N2O6. The number of amides is 1. The van der Waals surface area contributed by atoms with E-state index in [1.807, 2.05) is 32.8 Å². The van der Waals surface area contributed by atoms with Crippen LogP contribution in [0.5, 0.6) is 0 Å². The molecule has 0 radical (unpaired) electrons. The number of aromatic nitrogens is 1. The fourth-order valence-corrected chi connectivity index (χ4v) is 7.35. The Bertz CT molecular complexity index is 999. The van der Waals surface area contributed by atoms with Crippen LogP contribution in [-0.2, 0) is 19.6 Å². The summed E-state index contributed by atoms with van der Waals surface area (Å²) in [6.45, 7) is 5.67. The van der Waals surface area contributed by atoms with Crippen molar-refractivity contribution < 1.29 is 28.3 Å². The highest BCUT2D eigenvalue weighted by Gasteiger charge is 2.54. The lowest BCUT2D eigenvalue weighted by Crippen LogP contribution is -2.51. The number of carbonyl (C=O) groups excluding carboxylic acids is 2. The fourth-order valence-electron chi connectivity index (χ4n) is 7.35. The van der Waals surface area contributed by atoms with Crippen molar-refractivity contribution in [1.29, 1.82) is 0 Å². The minimum absolute atomic E-state index is 0.00708. The van der Waals surface area contributed by atoms with E-state index in [2.05, 4.69) is 5.16 Å². The molecule has 8 nitrogen and oxygen atoms in total. The van der Waals surface area contributed by atoms with Gasteiger partial charge in [-0.3, -0.25) is 0 Å². The van der Waals surface area contributed by atoms with Crippen molar-refractivity contribution >= 4 is 12.1 Å². The van der Waals surface area contributed by atoms with Crippen molar-refractivity contribution in [2.75, 3.05) is 7.11 Å². The maximum atomic E-state index is 13.8. The second kappa shape index (κ2) is 8.47. The Morgan fingerprint density at radius 1 is 0.972 bits per heavy atom. The van der Waals surface area contributed by atoms with Crippen molar-refractivity contribution in [2.24, 2.45) is 0 Å². The number of esters is 1. The van der Waals surface area contributed by atoms with Crippen molar-refractivity contribution in [3.8, 4) is 0 Å². The van der Waals surface area contributed by atoms with Gasteiger partial charge in [-0.2, -0.15) is 0 Å². The van der Waals surface area contributed by atoms with Crippen LogP contribution in [0.2, 0.25) is 0 Å². The van der Waals surface area contributed by atoms with Gasteiger partial charge in [-0.25, -0.2) is 9.59 Å². The van der Waals surface area contributed by atoms with Gasteiger partial charge in [0.25, 0.3) is 0 Å². The third-order valence-electron chi connectivity index (χ3n) is 9.55. The van der Waals surface area contributed by atoms with Gasteiger partial charge in [-0.15, -0.1) is 0 Å². The lowest BCUT2D eigenvalue weighted by atomic mass is 9.57. The van der Waals surface area contributed by atoms with Crippen molar-refractivity contribution in [2.45, 2.75) is 139 Å². The van der Waals surface area contributed by atoms with Gasteiger partial charge in [0.15, 0.2) is 5.76 Å². The van der Waals surface area contributed by atoms with E-state index in [-0.39, 0.29) is 47.2 Å². The molecule has 36 heavy (non-hydrogen) atoms. The van der Waals surface area contributed by atoms with Crippen molar-refractivity contribution in [3.05, 3.63) is 17.0 Å². The normalized spacial score (nSPS) is 35.7. The van der Waals surface area contributed by atoms with Gasteiger partial charge in [0.1, 0.15) is 23.0 Å². The molecule has 2 saturated heterocycles. The van der Waals surface area contributed by atoms with E-state index in [0.717, 1.165) is 75.7 Å². The summed E-state index contributed by atoms with van der Waals surface area (Å²) >= 11 is 0. The van der Waals surface area contributed by atoms with E-state index in [1.54, 1.807) is 0 Å². The largest absolute Gasteiger partial charge is 0.458 e. The smallest absolute Gasteiger partial charge is 0.410 e. The van der Waals surface area contributed by atoms with Crippen LogP contribution >= 0.6 is 0 Å². The zero-order valence-electron chi connectivity index (χ0n) is 22.1. The average molecular weight is 501 g/mol. The second-order valence-electron chi connectivity index (χ2n) is 13.0. The minimum atomic E-state index is -0.524. The molecule has 0 aromatic carbocycles. The van der Waals surface area contributed by atoms with Crippen LogP contribution < -0.4 is 0 Å². The lowest BCUT2D eigenvalue weighted by molar-refractivity contribution is -0.0967. The Labute approximate surface area is 213 Å². The number of fused-ring (bicyclic) bond motifs is 5. The molecule has 2 aliphatic heterocycles. The summed E-state index contributed by atoms with van der Waals surface area (Å²) in [6.07, 6.45) is 10.7. The zero-order valence-corrected chi connectivity index (χ0v) is 22.1. The summed E-state index contributed by atoms with van der Waals surface area (Å²) in [5.41, 5.74) is 0.779. The van der Waals surface area contributed by atoms with Crippen LogP contribution in [0.1, 0.15) is 126 Å². The molecule has 1 amide bonds. The van der Waals surface area contributed by atoms with E-state index in [1.165, 1.54) is 0 Å². The summed E-state index contributed by atoms with van der Waals surface area (Å²) in [6, 6.07) is 0.109. The van der Waals surface area contributed by atoms with Gasteiger partial charge in [-0.1, -0.05) is 5.16 Å². The molecule has 1 aromatic rings. The number of hydrogen-bond donors (Lipinski definition) is 0. The molecule has 8 heteroatoms. The van der Waals surface area contributed by atoms with E-state index >= 15 is 0 Å². The Balaban J connectivity index is 1.19. The molecule has 6 fully saturated rings. The van der Waals surface area contributed by atoms with Crippen LogP contribution in [0.15, 0.2) is 4.52 Å². The third kappa shape index (κ3) is 4.13. The number of nitrogens with zero attached hydrogens (tertiary/aromatic N) is 2. The number of ether oxygens (including phenoxy) is 3. The predicted molar refractivity (Wildman–Crippen MR) is 131 cm³/mol. The number of hydrogen-bond acceptors (Lipinski definition) is 7. The van der Waals surface area contributed by atoms with Crippen LogP contribution in [0, 0.1) is 0 Å². The summed E-state index contributed by atoms with van der Waals surface area (Å²) in [7, 11) is 1.82. The fraction of sp³-hybridized carbons (Fsp3) is 0.821. The Kier molecular flexibility index (Phi) is 5.71. The maximum Gasteiger partial charge on any atom is 0.410 e. The standard InChI is InChI=1S/C28H40N2O6/c1-26(2,3)35-25(32)30-18-7-8-19(30)16-20(15-18)34-24(31)21-22(17-5-6-17)36-29-23(21)27-9-12-28(33-4,13-10-27)14-11-27/h17-20H,5-16H2,1-4H3/t18-,19+,20+,27?,28?. The van der Waals surface area contributed by atoms with E-state index < -0.39 is 5.60 Å². The molecule has 4 saturated carbocycles. The van der Waals surface area contributed by atoms with Gasteiger partial charge < -0.3 is 23.6 Å².